The fourth-order valence-electron chi connectivity index (χ4n) is 2.86. The smallest absolute Gasteiger partial charge is 0.437 e. The highest BCUT2D eigenvalue weighted by molar-refractivity contribution is 5.90. The highest BCUT2D eigenvalue weighted by atomic mass is 16.5. The molecule has 7 heteroatoms. The van der Waals surface area contributed by atoms with Gasteiger partial charge in [-0.1, -0.05) is 30.3 Å². The molecule has 0 unspecified atom stereocenters. The number of benzene rings is 3. The lowest BCUT2D eigenvalue weighted by Crippen LogP contribution is -2.25. The van der Waals surface area contributed by atoms with E-state index in [1.165, 1.54) is 0 Å². The normalized spacial score (nSPS) is 10.6. The van der Waals surface area contributed by atoms with Crippen LogP contribution in [0.25, 0.3) is 11.5 Å². The molecule has 30 heavy (non-hydrogen) atoms. The number of hydrogen-bond donors (Lipinski definition) is 1. The zero-order chi connectivity index (χ0) is 20.9. The van der Waals surface area contributed by atoms with E-state index < -0.39 is 11.7 Å². The first-order valence-electron chi connectivity index (χ1n) is 9.35. The molecule has 0 aliphatic carbocycles. The van der Waals surface area contributed by atoms with Crippen LogP contribution in [0.5, 0.6) is 11.5 Å². The number of aromatic nitrogens is 2. The predicted molar refractivity (Wildman–Crippen MR) is 113 cm³/mol. The minimum Gasteiger partial charge on any atom is -0.457 e. The van der Waals surface area contributed by atoms with Crippen molar-refractivity contribution in [3.63, 3.8) is 0 Å². The number of nitrogens with one attached hydrogen (secondary N) is 1. The number of anilines is 1. The van der Waals surface area contributed by atoms with Gasteiger partial charge in [0.25, 0.3) is 0 Å². The van der Waals surface area contributed by atoms with Crippen LogP contribution >= 0.6 is 0 Å². The number of carbonyl (C=O) groups is 1. The highest BCUT2D eigenvalue weighted by Gasteiger charge is 2.13. The molecule has 0 radical (unpaired) electrons. The van der Waals surface area contributed by atoms with Gasteiger partial charge in [0.05, 0.1) is 0 Å². The van der Waals surface area contributed by atoms with Crippen LogP contribution in [-0.4, -0.2) is 15.7 Å². The summed E-state index contributed by atoms with van der Waals surface area (Å²) in [6, 6.07) is 23.7. The van der Waals surface area contributed by atoms with Crippen molar-refractivity contribution in [1.82, 2.24) is 9.78 Å². The molecule has 0 fully saturated rings. The van der Waals surface area contributed by atoms with Gasteiger partial charge in [0.15, 0.2) is 0 Å². The molecule has 1 heterocycles. The summed E-state index contributed by atoms with van der Waals surface area (Å²) in [5.74, 6) is 0.486. The van der Waals surface area contributed by atoms with Crippen molar-refractivity contribution in [1.29, 1.82) is 0 Å². The monoisotopic (exact) mass is 401 g/mol. The minimum atomic E-state index is -0.689. The van der Waals surface area contributed by atoms with Crippen molar-refractivity contribution in [3.8, 4) is 23.0 Å². The second kappa shape index (κ2) is 8.48. The number of carbonyl (C=O) groups excluding carboxylic acids is 1. The minimum absolute atomic E-state index is 0.172. The Labute approximate surface area is 172 Å². The zero-order valence-corrected chi connectivity index (χ0v) is 16.2. The van der Waals surface area contributed by atoms with E-state index in [9.17, 15) is 9.59 Å². The number of rotatable bonds is 6. The van der Waals surface area contributed by atoms with Crippen molar-refractivity contribution >= 4 is 11.6 Å². The Balaban J connectivity index is 1.38. The number of amides is 1. The summed E-state index contributed by atoms with van der Waals surface area (Å²) in [5, 5.41) is 6.82. The number of aryl methyl sites for hydroxylation is 1. The molecule has 0 spiro atoms. The van der Waals surface area contributed by atoms with E-state index in [1.54, 1.807) is 36.4 Å². The molecule has 0 atom stereocenters. The second-order valence-electron chi connectivity index (χ2n) is 6.69. The van der Waals surface area contributed by atoms with Crippen molar-refractivity contribution in [2.24, 2.45) is 0 Å². The Morgan fingerprint density at radius 1 is 1.00 bits per heavy atom. The van der Waals surface area contributed by atoms with Gasteiger partial charge >= 0.3 is 5.76 Å². The molecule has 0 saturated carbocycles. The molecule has 1 aromatic heterocycles. The first kappa shape index (κ1) is 19.2. The average Bonchev–Trinajstić information content (AvgIpc) is 3.10. The molecule has 3 aromatic carbocycles. The number of ether oxygens (including phenoxy) is 1. The summed E-state index contributed by atoms with van der Waals surface area (Å²) in [6.45, 7) is 1.74. The molecule has 1 N–H and O–H groups in total. The standard InChI is InChI=1S/C23H19N3O4/c1-16-6-5-9-20(14-16)29-19-12-10-18(11-13-19)24-21(27)15-26-23(28)30-22(25-26)17-7-3-2-4-8-17/h2-14H,15H2,1H3,(H,24,27). The zero-order valence-electron chi connectivity index (χ0n) is 16.2. The van der Waals surface area contributed by atoms with Gasteiger partial charge in [0.2, 0.25) is 11.8 Å². The fraction of sp³-hybridized carbons (Fsp3) is 0.0870. The Bertz CT molecular complexity index is 1210. The van der Waals surface area contributed by atoms with Gasteiger partial charge in [-0.15, -0.1) is 5.10 Å². The Morgan fingerprint density at radius 2 is 1.77 bits per heavy atom. The molecule has 0 bridgehead atoms. The maximum atomic E-state index is 12.3. The van der Waals surface area contributed by atoms with Crippen molar-refractivity contribution < 1.29 is 13.9 Å². The first-order chi connectivity index (χ1) is 14.6. The van der Waals surface area contributed by atoms with E-state index in [2.05, 4.69) is 10.4 Å². The van der Waals surface area contributed by atoms with Gasteiger partial charge in [-0.2, -0.15) is 4.68 Å². The maximum Gasteiger partial charge on any atom is 0.437 e. The van der Waals surface area contributed by atoms with Gasteiger partial charge in [0.1, 0.15) is 18.0 Å². The van der Waals surface area contributed by atoms with E-state index in [-0.39, 0.29) is 12.4 Å². The SMILES string of the molecule is Cc1cccc(Oc2ccc(NC(=O)Cn3nc(-c4ccccc4)oc3=O)cc2)c1. The summed E-state index contributed by atoms with van der Waals surface area (Å²) in [4.78, 5) is 24.3. The Morgan fingerprint density at radius 3 is 2.50 bits per heavy atom. The van der Waals surface area contributed by atoms with E-state index in [0.717, 1.165) is 16.0 Å². The lowest BCUT2D eigenvalue weighted by Gasteiger charge is -2.08. The van der Waals surface area contributed by atoms with E-state index in [4.69, 9.17) is 9.15 Å². The summed E-state index contributed by atoms with van der Waals surface area (Å²) in [6.07, 6.45) is 0. The predicted octanol–water partition coefficient (Wildman–Crippen LogP) is 4.24. The maximum absolute atomic E-state index is 12.3. The Kier molecular flexibility index (Phi) is 5.43. The molecular weight excluding hydrogens is 382 g/mol. The molecular formula is C23H19N3O4. The summed E-state index contributed by atoms with van der Waals surface area (Å²) >= 11 is 0. The average molecular weight is 401 g/mol. The molecule has 0 saturated heterocycles. The van der Waals surface area contributed by atoms with Crippen molar-refractivity contribution in [2.45, 2.75) is 13.5 Å². The first-order valence-corrected chi connectivity index (χ1v) is 9.35. The van der Waals surface area contributed by atoms with Gasteiger partial charge in [-0.05, 0) is 61.0 Å². The van der Waals surface area contributed by atoms with E-state index in [0.29, 0.717) is 17.0 Å². The quantitative estimate of drug-likeness (QED) is 0.522. The van der Waals surface area contributed by atoms with Crippen LogP contribution < -0.4 is 15.8 Å². The third kappa shape index (κ3) is 4.64. The van der Waals surface area contributed by atoms with Gasteiger partial charge in [-0.25, -0.2) is 4.79 Å². The van der Waals surface area contributed by atoms with Crippen LogP contribution in [-0.2, 0) is 11.3 Å². The third-order valence-electron chi connectivity index (χ3n) is 4.28. The van der Waals surface area contributed by atoms with Gasteiger partial charge in [-0.3, -0.25) is 4.79 Å². The molecule has 7 nitrogen and oxygen atoms in total. The van der Waals surface area contributed by atoms with Gasteiger partial charge < -0.3 is 14.5 Å². The van der Waals surface area contributed by atoms with Crippen molar-refractivity contribution in [2.75, 3.05) is 5.32 Å². The van der Waals surface area contributed by atoms with E-state index in [1.807, 2.05) is 49.4 Å². The van der Waals surface area contributed by atoms with Crippen LogP contribution in [0.15, 0.2) is 88.1 Å². The van der Waals surface area contributed by atoms with Crippen molar-refractivity contribution in [3.05, 3.63) is 95.0 Å². The summed E-state index contributed by atoms with van der Waals surface area (Å²) in [7, 11) is 0. The molecule has 4 aromatic rings. The number of hydrogen-bond acceptors (Lipinski definition) is 5. The third-order valence-corrected chi connectivity index (χ3v) is 4.28. The van der Waals surface area contributed by atoms with Crippen LogP contribution in [0, 0.1) is 6.92 Å². The lowest BCUT2D eigenvalue weighted by molar-refractivity contribution is -0.117. The van der Waals surface area contributed by atoms with Gasteiger partial charge in [0, 0.05) is 11.3 Å². The Hall–Kier alpha value is -4.13. The highest BCUT2D eigenvalue weighted by Crippen LogP contribution is 2.23. The molecule has 150 valence electrons. The second-order valence-corrected chi connectivity index (χ2v) is 6.69. The molecule has 1 amide bonds. The topological polar surface area (TPSA) is 86.4 Å². The molecule has 0 aliphatic rings. The largest absolute Gasteiger partial charge is 0.457 e. The molecule has 4 rings (SSSR count). The van der Waals surface area contributed by atoms with E-state index >= 15 is 0 Å². The number of nitrogens with zero attached hydrogens (tertiary/aromatic N) is 2. The van der Waals surface area contributed by atoms with Crippen LogP contribution in [0.2, 0.25) is 0 Å². The van der Waals surface area contributed by atoms with Crippen LogP contribution in [0.1, 0.15) is 5.56 Å². The molecule has 0 aliphatic heterocycles. The van der Waals surface area contributed by atoms with Crippen LogP contribution in [0.4, 0.5) is 5.69 Å². The fourth-order valence-corrected chi connectivity index (χ4v) is 2.86. The van der Waals surface area contributed by atoms with Crippen LogP contribution in [0.3, 0.4) is 0 Å². The lowest BCUT2D eigenvalue weighted by atomic mass is 10.2. The summed E-state index contributed by atoms with van der Waals surface area (Å²) < 4.78 is 11.9. The summed E-state index contributed by atoms with van der Waals surface area (Å²) in [5.41, 5.74) is 2.35.